The highest BCUT2D eigenvalue weighted by atomic mass is 19.4. The molecule has 2 bridgehead atoms. The van der Waals surface area contributed by atoms with Crippen molar-refractivity contribution in [2.45, 2.75) is 30.9 Å². The summed E-state index contributed by atoms with van der Waals surface area (Å²) >= 11 is 0. The third-order valence-electron chi connectivity index (χ3n) is 4.81. The molecule has 2 aliphatic rings. The SMILES string of the molecule is CN1C(C(=O)c2n[nH]c3ccc(OC(F)(F)F)cc23)[C@@H]2C[C@@H]1CN2. The van der Waals surface area contributed by atoms with Crippen LogP contribution < -0.4 is 10.1 Å². The zero-order valence-corrected chi connectivity index (χ0v) is 12.7. The average Bonchev–Trinajstić information content (AvgIpc) is 3.18. The molecule has 1 aromatic heterocycles. The number of alkyl halides is 3. The number of hydrogen-bond acceptors (Lipinski definition) is 5. The molecule has 2 aromatic rings. The van der Waals surface area contributed by atoms with E-state index < -0.39 is 6.36 Å². The maximum Gasteiger partial charge on any atom is 0.573 e. The normalized spacial score (nSPS) is 27.1. The molecule has 0 aliphatic carbocycles. The van der Waals surface area contributed by atoms with Crippen LogP contribution in [0, 0.1) is 0 Å². The number of aromatic amines is 1. The molecule has 2 fully saturated rings. The van der Waals surface area contributed by atoms with Gasteiger partial charge in [0.1, 0.15) is 11.4 Å². The van der Waals surface area contributed by atoms with Gasteiger partial charge < -0.3 is 10.1 Å². The van der Waals surface area contributed by atoms with Gasteiger partial charge in [0.15, 0.2) is 0 Å². The molecule has 2 saturated heterocycles. The number of hydrogen-bond donors (Lipinski definition) is 2. The molecule has 6 nitrogen and oxygen atoms in total. The van der Waals surface area contributed by atoms with Crippen molar-refractivity contribution in [3.05, 3.63) is 23.9 Å². The summed E-state index contributed by atoms with van der Waals surface area (Å²) in [6.07, 6.45) is -3.89. The summed E-state index contributed by atoms with van der Waals surface area (Å²) in [5, 5.41) is 10.4. The number of piperazine rings is 1. The lowest BCUT2D eigenvalue weighted by Crippen LogP contribution is -2.53. The third-order valence-corrected chi connectivity index (χ3v) is 4.81. The Hall–Kier alpha value is -2.13. The Kier molecular flexibility index (Phi) is 3.33. The van der Waals surface area contributed by atoms with Gasteiger partial charge in [0.05, 0.1) is 11.6 Å². The minimum absolute atomic E-state index is 0.0499. The van der Waals surface area contributed by atoms with Crippen LogP contribution in [0.15, 0.2) is 18.2 Å². The van der Waals surface area contributed by atoms with E-state index in [9.17, 15) is 18.0 Å². The maximum atomic E-state index is 12.9. The molecular formula is C15H15F3N4O2. The molecular weight excluding hydrogens is 325 g/mol. The molecule has 4 rings (SSSR count). The van der Waals surface area contributed by atoms with Crippen LogP contribution in [0.4, 0.5) is 13.2 Å². The summed E-state index contributed by atoms with van der Waals surface area (Å²) in [6.45, 7) is 0.843. The Labute approximate surface area is 134 Å². The van der Waals surface area contributed by atoms with Crippen molar-refractivity contribution in [1.82, 2.24) is 20.4 Å². The topological polar surface area (TPSA) is 70.2 Å². The van der Waals surface area contributed by atoms with E-state index >= 15 is 0 Å². The van der Waals surface area contributed by atoms with Crippen LogP contribution in [-0.4, -0.2) is 59.0 Å². The summed E-state index contributed by atoms with van der Waals surface area (Å²) < 4.78 is 41.1. The number of rotatable bonds is 3. The second kappa shape index (κ2) is 5.18. The number of fused-ring (bicyclic) bond motifs is 3. The molecule has 2 aliphatic heterocycles. The highest BCUT2D eigenvalue weighted by Gasteiger charge is 2.48. The molecule has 2 N–H and O–H groups in total. The van der Waals surface area contributed by atoms with Gasteiger partial charge in [-0.25, -0.2) is 0 Å². The lowest BCUT2D eigenvalue weighted by molar-refractivity contribution is -0.274. The molecule has 0 saturated carbocycles. The van der Waals surface area contributed by atoms with E-state index in [-0.39, 0.29) is 29.3 Å². The highest BCUT2D eigenvalue weighted by molar-refractivity contribution is 6.09. The van der Waals surface area contributed by atoms with Crippen molar-refractivity contribution >= 4 is 16.7 Å². The van der Waals surface area contributed by atoms with E-state index in [2.05, 4.69) is 20.3 Å². The number of H-pyrrole nitrogens is 1. The van der Waals surface area contributed by atoms with Gasteiger partial charge in [-0.2, -0.15) is 5.10 Å². The number of nitrogens with one attached hydrogen (secondary N) is 2. The first-order valence-corrected chi connectivity index (χ1v) is 7.57. The van der Waals surface area contributed by atoms with E-state index in [0.29, 0.717) is 16.9 Å². The van der Waals surface area contributed by atoms with Gasteiger partial charge in [0.25, 0.3) is 0 Å². The fraction of sp³-hybridized carbons (Fsp3) is 0.467. The van der Waals surface area contributed by atoms with Gasteiger partial charge in [0, 0.05) is 24.0 Å². The van der Waals surface area contributed by atoms with Gasteiger partial charge in [-0.3, -0.25) is 14.8 Å². The molecule has 128 valence electrons. The van der Waals surface area contributed by atoms with Gasteiger partial charge in [0.2, 0.25) is 5.78 Å². The van der Waals surface area contributed by atoms with Gasteiger partial charge in [-0.15, -0.1) is 13.2 Å². The Balaban J connectivity index is 1.69. The van der Waals surface area contributed by atoms with Crippen molar-refractivity contribution in [3.63, 3.8) is 0 Å². The fourth-order valence-electron chi connectivity index (χ4n) is 3.69. The first-order chi connectivity index (χ1) is 11.3. The summed E-state index contributed by atoms with van der Waals surface area (Å²) in [5.41, 5.74) is 0.635. The number of halogens is 3. The third kappa shape index (κ3) is 2.44. The van der Waals surface area contributed by atoms with E-state index in [1.54, 1.807) is 0 Å². The van der Waals surface area contributed by atoms with Crippen molar-refractivity contribution in [2.75, 3.05) is 13.6 Å². The van der Waals surface area contributed by atoms with Crippen molar-refractivity contribution in [3.8, 4) is 5.75 Å². The number of aromatic nitrogens is 2. The Morgan fingerprint density at radius 3 is 2.88 bits per heavy atom. The van der Waals surface area contributed by atoms with Crippen LogP contribution in [-0.2, 0) is 0 Å². The monoisotopic (exact) mass is 340 g/mol. The number of likely N-dealkylation sites (tertiary alicyclic amines) is 1. The smallest absolute Gasteiger partial charge is 0.406 e. The predicted octanol–water partition coefficient (Wildman–Crippen LogP) is 1.69. The molecule has 0 amide bonds. The van der Waals surface area contributed by atoms with Crippen LogP contribution in [0.2, 0.25) is 0 Å². The molecule has 3 heterocycles. The van der Waals surface area contributed by atoms with Crippen molar-refractivity contribution < 1.29 is 22.7 Å². The van der Waals surface area contributed by atoms with Crippen molar-refractivity contribution in [1.29, 1.82) is 0 Å². The van der Waals surface area contributed by atoms with Crippen LogP contribution in [0.5, 0.6) is 5.75 Å². The van der Waals surface area contributed by atoms with E-state index in [0.717, 1.165) is 13.0 Å². The number of benzene rings is 1. The Morgan fingerprint density at radius 2 is 2.21 bits per heavy atom. The fourth-order valence-corrected chi connectivity index (χ4v) is 3.69. The van der Waals surface area contributed by atoms with Gasteiger partial charge in [-0.05, 0) is 31.7 Å². The van der Waals surface area contributed by atoms with E-state index in [1.165, 1.54) is 18.2 Å². The average molecular weight is 340 g/mol. The lowest BCUT2D eigenvalue weighted by atomic mass is 10.0. The number of ether oxygens (including phenoxy) is 1. The largest absolute Gasteiger partial charge is 0.573 e. The minimum atomic E-state index is -4.78. The second-order valence-corrected chi connectivity index (χ2v) is 6.21. The number of ketones is 1. The Bertz CT molecular complexity index is 802. The first kappa shape index (κ1) is 15.4. The molecule has 0 spiro atoms. The zero-order chi connectivity index (χ0) is 17.1. The summed E-state index contributed by atoms with van der Waals surface area (Å²) in [7, 11) is 1.89. The minimum Gasteiger partial charge on any atom is -0.406 e. The van der Waals surface area contributed by atoms with Crippen LogP contribution >= 0.6 is 0 Å². The molecule has 3 atom stereocenters. The highest BCUT2D eigenvalue weighted by Crippen LogP contribution is 2.32. The Morgan fingerprint density at radius 1 is 1.42 bits per heavy atom. The number of likely N-dealkylation sites (N-methyl/N-ethyl adjacent to an activating group) is 1. The number of carbonyl (C=O) groups excluding carboxylic acids is 1. The molecule has 9 heteroatoms. The summed E-state index contributed by atoms with van der Waals surface area (Å²) in [5.74, 6) is -0.572. The quantitative estimate of drug-likeness (QED) is 0.832. The standard InChI is InChI=1S/C15H15F3N4O2/c1-22-7-4-11(19-6-7)13(22)14(23)12-9-5-8(24-15(16,17)18)2-3-10(9)20-21-12/h2-3,5,7,11,13,19H,4,6H2,1H3,(H,20,21)/t7-,11+,13?/m1/s1. The lowest BCUT2D eigenvalue weighted by Gasteiger charge is -2.30. The molecule has 1 aromatic carbocycles. The zero-order valence-electron chi connectivity index (χ0n) is 12.7. The van der Waals surface area contributed by atoms with Crippen LogP contribution in [0.25, 0.3) is 10.9 Å². The number of carbonyl (C=O) groups is 1. The first-order valence-electron chi connectivity index (χ1n) is 7.57. The number of nitrogens with zero attached hydrogens (tertiary/aromatic N) is 2. The van der Waals surface area contributed by atoms with Crippen LogP contribution in [0.1, 0.15) is 16.9 Å². The van der Waals surface area contributed by atoms with Crippen molar-refractivity contribution in [2.24, 2.45) is 0 Å². The van der Waals surface area contributed by atoms with E-state index in [1.807, 2.05) is 11.9 Å². The molecule has 24 heavy (non-hydrogen) atoms. The maximum absolute atomic E-state index is 12.9. The van der Waals surface area contributed by atoms with E-state index in [4.69, 9.17) is 0 Å². The molecule has 1 unspecified atom stereocenters. The van der Waals surface area contributed by atoms with Crippen LogP contribution in [0.3, 0.4) is 0 Å². The van der Waals surface area contributed by atoms with Gasteiger partial charge in [-0.1, -0.05) is 0 Å². The summed E-state index contributed by atoms with van der Waals surface area (Å²) in [6, 6.07) is 3.80. The second-order valence-electron chi connectivity index (χ2n) is 6.21. The summed E-state index contributed by atoms with van der Waals surface area (Å²) in [4.78, 5) is 14.9. The predicted molar refractivity (Wildman–Crippen MR) is 78.9 cm³/mol. The van der Waals surface area contributed by atoms with Gasteiger partial charge >= 0.3 is 6.36 Å². The molecule has 0 radical (unpaired) electrons. The number of Topliss-reactive ketones (excluding diaryl/α,β-unsaturated/α-hetero) is 1.